The van der Waals surface area contributed by atoms with Crippen molar-refractivity contribution in [2.24, 2.45) is 0 Å². The van der Waals surface area contributed by atoms with E-state index in [1.54, 1.807) is 4.90 Å². The number of hydroxylamine groups is 1. The minimum atomic E-state index is -0.230. The first-order chi connectivity index (χ1) is 10.6. The minimum Gasteiger partial charge on any atom is -0.326 e. The molecule has 0 bridgehead atoms. The lowest BCUT2D eigenvalue weighted by molar-refractivity contribution is -0.130. The first-order valence-corrected chi connectivity index (χ1v) is 8.09. The van der Waals surface area contributed by atoms with Gasteiger partial charge in [0.25, 0.3) is 0 Å². The molecule has 0 aromatic heterocycles. The van der Waals surface area contributed by atoms with Gasteiger partial charge in [0, 0.05) is 18.3 Å². The van der Waals surface area contributed by atoms with Crippen LogP contribution in [0.5, 0.6) is 0 Å². The predicted octanol–water partition coefficient (Wildman–Crippen LogP) is 1.46. The summed E-state index contributed by atoms with van der Waals surface area (Å²) in [4.78, 5) is 19.4. The first kappa shape index (κ1) is 16.8. The van der Waals surface area contributed by atoms with Crippen molar-refractivity contribution in [3.63, 3.8) is 0 Å². The van der Waals surface area contributed by atoms with Gasteiger partial charge < -0.3 is 10.2 Å². The third-order valence-corrected chi connectivity index (χ3v) is 4.34. The lowest BCUT2D eigenvalue weighted by Gasteiger charge is -2.29. The van der Waals surface area contributed by atoms with E-state index in [2.05, 4.69) is 23.4 Å². The van der Waals surface area contributed by atoms with Gasteiger partial charge >= 0.3 is 0 Å². The van der Waals surface area contributed by atoms with Gasteiger partial charge in [0.15, 0.2) is 0 Å². The Hall–Kier alpha value is -1.58. The highest BCUT2D eigenvalue weighted by atomic mass is 16.7. The van der Waals surface area contributed by atoms with Crippen LogP contribution in [0.4, 0.5) is 0 Å². The second-order valence-electron chi connectivity index (χ2n) is 6.23. The van der Waals surface area contributed by atoms with Crippen LogP contribution in [-0.4, -0.2) is 42.1 Å². The van der Waals surface area contributed by atoms with E-state index >= 15 is 0 Å². The molecule has 0 radical (unpaired) electrons. The number of nitriles is 1. The Labute approximate surface area is 132 Å². The zero-order chi connectivity index (χ0) is 15.9. The number of amides is 1. The number of hydrogen-bond acceptors (Lipinski definition) is 5. The van der Waals surface area contributed by atoms with Crippen molar-refractivity contribution in [2.75, 3.05) is 13.1 Å². The van der Waals surface area contributed by atoms with Crippen LogP contribution in [0, 0.1) is 11.3 Å². The van der Waals surface area contributed by atoms with Crippen molar-refractivity contribution in [1.29, 1.82) is 5.26 Å². The van der Waals surface area contributed by atoms with Crippen molar-refractivity contribution < 1.29 is 9.63 Å². The second kappa shape index (κ2) is 8.16. The predicted molar refractivity (Wildman–Crippen MR) is 83.4 cm³/mol. The number of carbonyl (C=O) groups excluding carboxylic acids is 1. The van der Waals surface area contributed by atoms with Crippen molar-refractivity contribution in [3.8, 4) is 6.07 Å². The second-order valence-corrected chi connectivity index (χ2v) is 6.23. The van der Waals surface area contributed by atoms with Gasteiger partial charge in [-0.1, -0.05) is 6.58 Å². The Morgan fingerprint density at radius 2 is 2.09 bits per heavy atom. The molecule has 0 aromatic carbocycles. The summed E-state index contributed by atoms with van der Waals surface area (Å²) < 4.78 is 0. The maximum absolute atomic E-state index is 12.2. The third kappa shape index (κ3) is 4.72. The van der Waals surface area contributed by atoms with Gasteiger partial charge in [-0.05, 0) is 45.4 Å². The Kier molecular flexibility index (Phi) is 6.22. The summed E-state index contributed by atoms with van der Waals surface area (Å²) in [7, 11) is 0. The third-order valence-electron chi connectivity index (χ3n) is 4.34. The summed E-state index contributed by atoms with van der Waals surface area (Å²) in [6, 6.07) is 2.34. The van der Waals surface area contributed by atoms with E-state index in [1.807, 2.05) is 6.92 Å². The van der Waals surface area contributed by atoms with Crippen LogP contribution in [-0.2, 0) is 9.63 Å². The first-order valence-electron chi connectivity index (χ1n) is 8.09. The van der Waals surface area contributed by atoms with Gasteiger partial charge in [-0.25, -0.2) is 0 Å². The average Bonchev–Trinajstić information content (AvgIpc) is 3.00. The molecule has 1 aliphatic heterocycles. The van der Waals surface area contributed by atoms with E-state index in [1.165, 1.54) is 0 Å². The number of nitrogens with zero attached hydrogens (tertiary/aromatic N) is 2. The van der Waals surface area contributed by atoms with E-state index in [0.717, 1.165) is 44.2 Å². The summed E-state index contributed by atoms with van der Waals surface area (Å²) in [5, 5.41) is 12.4. The van der Waals surface area contributed by atoms with E-state index in [9.17, 15) is 4.79 Å². The molecule has 2 fully saturated rings. The van der Waals surface area contributed by atoms with Gasteiger partial charge in [0.1, 0.15) is 6.04 Å². The molecule has 2 rings (SSSR count). The molecule has 2 N–H and O–H groups in total. The zero-order valence-electron chi connectivity index (χ0n) is 13.3. The molecular formula is C16H26N4O2. The molecular weight excluding hydrogens is 280 g/mol. The topological polar surface area (TPSA) is 77.4 Å². The smallest absolute Gasteiger partial charge is 0.237 e. The van der Waals surface area contributed by atoms with E-state index < -0.39 is 0 Å². The van der Waals surface area contributed by atoms with Crippen molar-refractivity contribution in [2.45, 2.75) is 63.6 Å². The highest BCUT2D eigenvalue weighted by Crippen LogP contribution is 2.21. The minimum absolute atomic E-state index is 0.0476. The van der Waals surface area contributed by atoms with Gasteiger partial charge in [-0.3, -0.25) is 15.1 Å². The standard InChI is InChI=1S/C16H26N4O2/c1-12(2)19-22-15-7-5-13(6-8-15)18-11-16(21)20-9-3-4-14(20)10-17/h13-15,18-19H,1,3-9,11H2,2H3/t13?,14-,15?/m0/s1. The van der Waals surface area contributed by atoms with Crippen LogP contribution in [0.2, 0.25) is 0 Å². The highest BCUT2D eigenvalue weighted by Gasteiger charge is 2.29. The van der Waals surface area contributed by atoms with E-state index in [0.29, 0.717) is 19.1 Å². The lowest BCUT2D eigenvalue weighted by atomic mass is 9.93. The van der Waals surface area contributed by atoms with Crippen molar-refractivity contribution >= 4 is 5.91 Å². The molecule has 6 nitrogen and oxygen atoms in total. The summed E-state index contributed by atoms with van der Waals surface area (Å²) in [5.41, 5.74) is 3.63. The van der Waals surface area contributed by atoms with E-state index in [-0.39, 0.29) is 18.1 Å². The fourth-order valence-electron chi connectivity index (χ4n) is 3.10. The van der Waals surface area contributed by atoms with Crippen molar-refractivity contribution in [1.82, 2.24) is 15.7 Å². The molecule has 1 saturated carbocycles. The van der Waals surface area contributed by atoms with Crippen LogP contribution in [0.25, 0.3) is 0 Å². The summed E-state index contributed by atoms with van der Waals surface area (Å²) in [6.07, 6.45) is 5.89. The number of hydrogen-bond donors (Lipinski definition) is 2. The lowest BCUT2D eigenvalue weighted by Crippen LogP contribution is -2.45. The molecule has 1 saturated heterocycles. The maximum atomic E-state index is 12.2. The van der Waals surface area contributed by atoms with Crippen LogP contribution in [0.3, 0.4) is 0 Å². The summed E-state index contributed by atoms with van der Waals surface area (Å²) in [6.45, 7) is 6.65. The molecule has 22 heavy (non-hydrogen) atoms. The Balaban J connectivity index is 1.65. The molecule has 1 heterocycles. The molecule has 0 aromatic rings. The van der Waals surface area contributed by atoms with Crippen LogP contribution >= 0.6 is 0 Å². The molecule has 0 spiro atoms. The number of carbonyl (C=O) groups is 1. The Morgan fingerprint density at radius 3 is 2.73 bits per heavy atom. The average molecular weight is 306 g/mol. The van der Waals surface area contributed by atoms with E-state index in [4.69, 9.17) is 10.1 Å². The van der Waals surface area contributed by atoms with Gasteiger partial charge in [0.2, 0.25) is 5.91 Å². The van der Waals surface area contributed by atoms with Crippen LogP contribution in [0.15, 0.2) is 12.3 Å². The molecule has 0 unspecified atom stereocenters. The largest absolute Gasteiger partial charge is 0.326 e. The number of rotatable bonds is 6. The van der Waals surface area contributed by atoms with Gasteiger partial charge in [-0.2, -0.15) is 5.26 Å². The quantitative estimate of drug-likeness (QED) is 0.726. The monoisotopic (exact) mass is 306 g/mol. The van der Waals surface area contributed by atoms with Crippen molar-refractivity contribution in [3.05, 3.63) is 12.3 Å². The number of likely N-dealkylation sites (tertiary alicyclic amines) is 1. The molecule has 6 heteroatoms. The molecule has 1 amide bonds. The fourth-order valence-corrected chi connectivity index (χ4v) is 3.10. The van der Waals surface area contributed by atoms with Gasteiger partial charge in [-0.15, -0.1) is 0 Å². The maximum Gasteiger partial charge on any atom is 0.237 e. The van der Waals surface area contributed by atoms with Crippen LogP contribution in [0.1, 0.15) is 45.4 Å². The SMILES string of the molecule is C=C(C)NOC1CCC(NCC(=O)N2CCC[C@H]2C#N)CC1. The summed E-state index contributed by atoms with van der Waals surface area (Å²) >= 11 is 0. The zero-order valence-corrected chi connectivity index (χ0v) is 13.3. The molecule has 1 atom stereocenters. The Bertz CT molecular complexity index is 438. The highest BCUT2D eigenvalue weighted by molar-refractivity contribution is 5.79. The Morgan fingerprint density at radius 1 is 1.36 bits per heavy atom. The fraction of sp³-hybridized carbons (Fsp3) is 0.750. The molecule has 1 aliphatic carbocycles. The van der Waals surface area contributed by atoms with Crippen LogP contribution < -0.4 is 10.8 Å². The molecule has 122 valence electrons. The number of nitrogens with one attached hydrogen (secondary N) is 2. The van der Waals surface area contributed by atoms with Gasteiger partial charge in [0.05, 0.1) is 18.7 Å². The normalized spacial score (nSPS) is 28.2. The molecule has 2 aliphatic rings. The number of allylic oxidation sites excluding steroid dienone is 1. The summed E-state index contributed by atoms with van der Waals surface area (Å²) in [5.74, 6) is 0.0476.